The molecule has 1 aliphatic heterocycles. The lowest BCUT2D eigenvalue weighted by molar-refractivity contribution is -0.146. The number of hydrogen-bond acceptors (Lipinski definition) is 2. The Morgan fingerprint density at radius 2 is 1.87 bits per heavy atom. The molecule has 0 saturated carbocycles. The lowest BCUT2D eigenvalue weighted by atomic mass is 10.0. The molecule has 2 amide bonds. The van der Waals surface area contributed by atoms with Crippen LogP contribution in [-0.4, -0.2) is 41.1 Å². The van der Waals surface area contributed by atoms with Gasteiger partial charge in [0, 0.05) is 19.1 Å². The highest BCUT2D eigenvalue weighted by atomic mass is 16.4. The molecule has 0 aromatic rings. The highest BCUT2D eigenvalue weighted by Crippen LogP contribution is 2.15. The van der Waals surface area contributed by atoms with E-state index in [1.165, 1.54) is 4.90 Å². The van der Waals surface area contributed by atoms with E-state index in [1.54, 1.807) is 0 Å². The predicted molar refractivity (Wildman–Crippen MR) is 55.5 cm³/mol. The zero-order valence-electron chi connectivity index (χ0n) is 9.36. The van der Waals surface area contributed by atoms with Crippen molar-refractivity contribution in [2.75, 3.05) is 13.1 Å². The summed E-state index contributed by atoms with van der Waals surface area (Å²) in [6.07, 6.45) is 0. The van der Waals surface area contributed by atoms with Crippen LogP contribution in [0, 0.1) is 11.8 Å². The molecule has 1 unspecified atom stereocenters. The van der Waals surface area contributed by atoms with Crippen molar-refractivity contribution in [3.63, 3.8) is 0 Å². The maximum Gasteiger partial charge on any atom is 0.317 e. The number of rotatable bonds is 3. The Morgan fingerprint density at radius 3 is 2.27 bits per heavy atom. The first-order chi connectivity index (χ1) is 6.91. The van der Waals surface area contributed by atoms with Gasteiger partial charge in [-0.2, -0.15) is 0 Å². The molecule has 1 fully saturated rings. The molecule has 0 bridgehead atoms. The van der Waals surface area contributed by atoms with Crippen molar-refractivity contribution >= 4 is 12.0 Å². The van der Waals surface area contributed by atoms with Crippen molar-refractivity contribution < 1.29 is 14.7 Å². The second-order valence-corrected chi connectivity index (χ2v) is 4.42. The summed E-state index contributed by atoms with van der Waals surface area (Å²) in [6, 6.07) is -0.0462. The van der Waals surface area contributed by atoms with Gasteiger partial charge in [-0.05, 0) is 12.8 Å². The fraction of sp³-hybridized carbons (Fsp3) is 0.800. The van der Waals surface area contributed by atoms with Crippen LogP contribution >= 0.6 is 0 Å². The minimum Gasteiger partial charge on any atom is -0.481 e. The van der Waals surface area contributed by atoms with Gasteiger partial charge in [-0.15, -0.1) is 0 Å². The molecule has 0 aromatic heterocycles. The molecule has 0 spiro atoms. The van der Waals surface area contributed by atoms with E-state index >= 15 is 0 Å². The summed E-state index contributed by atoms with van der Waals surface area (Å²) in [7, 11) is 0. The van der Waals surface area contributed by atoms with Crippen molar-refractivity contribution in [3.05, 3.63) is 0 Å². The Morgan fingerprint density at radius 1 is 1.33 bits per heavy atom. The summed E-state index contributed by atoms with van der Waals surface area (Å²) in [4.78, 5) is 23.6. The number of carboxylic acid groups (broad SMARTS) is 1. The number of nitrogens with one attached hydrogen (secondary N) is 1. The number of likely N-dealkylation sites (tertiary alicyclic amines) is 1. The van der Waals surface area contributed by atoms with E-state index in [1.807, 2.05) is 20.8 Å². The molecule has 0 radical (unpaired) electrons. The first-order valence-corrected chi connectivity index (χ1v) is 5.20. The summed E-state index contributed by atoms with van der Waals surface area (Å²) in [6.45, 7) is 6.65. The van der Waals surface area contributed by atoms with Gasteiger partial charge < -0.3 is 15.3 Å². The molecule has 1 atom stereocenters. The number of carboxylic acids is 1. The van der Waals surface area contributed by atoms with Gasteiger partial charge in [-0.25, -0.2) is 4.79 Å². The summed E-state index contributed by atoms with van der Waals surface area (Å²) < 4.78 is 0. The van der Waals surface area contributed by atoms with Gasteiger partial charge in [0.15, 0.2) is 0 Å². The van der Waals surface area contributed by atoms with E-state index in [4.69, 9.17) is 5.11 Å². The standard InChI is InChI=1S/C10H18N2O3/c1-6(2)7(3)11-10(15)12-4-8(5-12)9(13)14/h6-8H,4-5H2,1-3H3,(H,11,15)(H,13,14). The molecule has 15 heavy (non-hydrogen) atoms. The second-order valence-electron chi connectivity index (χ2n) is 4.42. The van der Waals surface area contributed by atoms with Crippen molar-refractivity contribution in [2.24, 2.45) is 11.8 Å². The number of hydrogen-bond donors (Lipinski definition) is 2. The van der Waals surface area contributed by atoms with Crippen LogP contribution in [-0.2, 0) is 4.79 Å². The third-order valence-corrected chi connectivity index (χ3v) is 2.87. The maximum absolute atomic E-state index is 11.5. The predicted octanol–water partition coefficient (Wildman–Crippen LogP) is 0.757. The van der Waals surface area contributed by atoms with Crippen molar-refractivity contribution in [1.29, 1.82) is 0 Å². The van der Waals surface area contributed by atoms with E-state index in [-0.39, 0.29) is 18.0 Å². The first kappa shape index (κ1) is 11.8. The zero-order chi connectivity index (χ0) is 11.6. The van der Waals surface area contributed by atoms with E-state index in [9.17, 15) is 9.59 Å². The Hall–Kier alpha value is -1.26. The van der Waals surface area contributed by atoms with Gasteiger partial charge in [0.05, 0.1) is 5.92 Å². The van der Waals surface area contributed by atoms with Crippen LogP contribution in [0.25, 0.3) is 0 Å². The molecule has 86 valence electrons. The Balaban J connectivity index is 2.29. The second kappa shape index (κ2) is 4.51. The number of nitrogens with zero attached hydrogens (tertiary/aromatic N) is 1. The number of urea groups is 1. The van der Waals surface area contributed by atoms with Crippen molar-refractivity contribution in [2.45, 2.75) is 26.8 Å². The fourth-order valence-corrected chi connectivity index (χ4v) is 1.25. The Kier molecular flexibility index (Phi) is 3.55. The first-order valence-electron chi connectivity index (χ1n) is 5.20. The summed E-state index contributed by atoms with van der Waals surface area (Å²) in [5.41, 5.74) is 0. The topological polar surface area (TPSA) is 69.6 Å². The van der Waals surface area contributed by atoms with E-state index < -0.39 is 5.97 Å². The third kappa shape index (κ3) is 2.84. The van der Waals surface area contributed by atoms with Gasteiger partial charge in [-0.3, -0.25) is 4.79 Å². The molecular weight excluding hydrogens is 196 g/mol. The van der Waals surface area contributed by atoms with Crippen LogP contribution in [0.15, 0.2) is 0 Å². The molecule has 0 aliphatic carbocycles. The van der Waals surface area contributed by atoms with Crippen LogP contribution in [0.4, 0.5) is 4.79 Å². The summed E-state index contributed by atoms with van der Waals surface area (Å²) in [5.74, 6) is -0.827. The Labute approximate surface area is 89.4 Å². The zero-order valence-corrected chi connectivity index (χ0v) is 9.36. The minimum atomic E-state index is -0.823. The summed E-state index contributed by atoms with van der Waals surface area (Å²) >= 11 is 0. The number of aliphatic carboxylic acids is 1. The lowest BCUT2D eigenvalue weighted by Gasteiger charge is -2.37. The molecule has 1 aliphatic rings. The van der Waals surface area contributed by atoms with Crippen molar-refractivity contribution in [3.8, 4) is 0 Å². The number of amides is 2. The van der Waals surface area contributed by atoms with Gasteiger partial charge in [0.25, 0.3) is 0 Å². The maximum atomic E-state index is 11.5. The average Bonchev–Trinajstić information content (AvgIpc) is 1.99. The quantitative estimate of drug-likeness (QED) is 0.728. The van der Waals surface area contributed by atoms with Crippen LogP contribution in [0.1, 0.15) is 20.8 Å². The molecule has 1 rings (SSSR count). The van der Waals surface area contributed by atoms with Crippen LogP contribution < -0.4 is 5.32 Å². The number of carbonyl (C=O) groups is 2. The minimum absolute atomic E-state index is 0.112. The highest BCUT2D eigenvalue weighted by molar-refractivity contribution is 5.79. The van der Waals surface area contributed by atoms with Crippen LogP contribution in [0.2, 0.25) is 0 Å². The van der Waals surface area contributed by atoms with Gasteiger partial charge >= 0.3 is 12.0 Å². The van der Waals surface area contributed by atoms with Crippen LogP contribution in [0.3, 0.4) is 0 Å². The molecular formula is C10H18N2O3. The largest absolute Gasteiger partial charge is 0.481 e. The molecule has 1 heterocycles. The molecule has 5 heteroatoms. The molecule has 0 aromatic carbocycles. The SMILES string of the molecule is CC(C)C(C)NC(=O)N1CC(C(=O)O)C1. The van der Waals surface area contributed by atoms with Gasteiger partial charge in [-0.1, -0.05) is 13.8 Å². The van der Waals surface area contributed by atoms with Gasteiger partial charge in [0.2, 0.25) is 0 Å². The molecule has 1 saturated heterocycles. The van der Waals surface area contributed by atoms with Crippen molar-refractivity contribution in [1.82, 2.24) is 10.2 Å². The normalized spacial score (nSPS) is 18.5. The number of carbonyl (C=O) groups excluding carboxylic acids is 1. The Bertz CT molecular complexity index is 259. The smallest absolute Gasteiger partial charge is 0.317 e. The molecule has 2 N–H and O–H groups in total. The summed E-state index contributed by atoms with van der Waals surface area (Å²) in [5, 5.41) is 11.5. The highest BCUT2D eigenvalue weighted by Gasteiger charge is 2.35. The average molecular weight is 214 g/mol. The van der Waals surface area contributed by atoms with Gasteiger partial charge in [0.1, 0.15) is 0 Å². The fourth-order valence-electron chi connectivity index (χ4n) is 1.25. The van der Waals surface area contributed by atoms with E-state index in [0.717, 1.165) is 0 Å². The molecule has 5 nitrogen and oxygen atoms in total. The third-order valence-electron chi connectivity index (χ3n) is 2.87. The van der Waals surface area contributed by atoms with E-state index in [2.05, 4.69) is 5.32 Å². The van der Waals surface area contributed by atoms with Crippen LogP contribution in [0.5, 0.6) is 0 Å². The van der Waals surface area contributed by atoms with E-state index in [0.29, 0.717) is 19.0 Å². The lowest BCUT2D eigenvalue weighted by Crippen LogP contribution is -2.57. The monoisotopic (exact) mass is 214 g/mol.